The fourth-order valence-corrected chi connectivity index (χ4v) is 2.18. The van der Waals surface area contributed by atoms with Gasteiger partial charge < -0.3 is 11.5 Å². The van der Waals surface area contributed by atoms with Crippen LogP contribution in [0.2, 0.25) is 0 Å². The van der Waals surface area contributed by atoms with E-state index in [1.165, 1.54) is 12.1 Å². The number of hydrogen-bond donors (Lipinski definition) is 2. The smallest absolute Gasteiger partial charge is 0.393 e. The summed E-state index contributed by atoms with van der Waals surface area (Å²) in [5, 5.41) is 7.57. The Balaban J connectivity index is 2.65. The van der Waals surface area contributed by atoms with Gasteiger partial charge in [-0.25, -0.2) is 4.98 Å². The van der Waals surface area contributed by atoms with Gasteiger partial charge >= 0.3 is 6.18 Å². The largest absolute Gasteiger partial charge is 0.402 e. The fraction of sp³-hybridized carbons (Fsp3) is 0.267. The van der Waals surface area contributed by atoms with Crippen LogP contribution in [0.1, 0.15) is 23.7 Å². The van der Waals surface area contributed by atoms with Gasteiger partial charge in [0.25, 0.3) is 0 Å². The Morgan fingerprint density at radius 2 is 1.96 bits per heavy atom. The molecule has 0 atom stereocenters. The van der Waals surface area contributed by atoms with Crippen LogP contribution < -0.4 is 11.5 Å². The molecule has 122 valence electrons. The summed E-state index contributed by atoms with van der Waals surface area (Å²) in [6, 6.07) is 4.75. The van der Waals surface area contributed by atoms with E-state index < -0.39 is 12.6 Å². The van der Waals surface area contributed by atoms with E-state index in [9.17, 15) is 13.2 Å². The van der Waals surface area contributed by atoms with E-state index in [2.05, 4.69) is 15.2 Å². The quantitative estimate of drug-likeness (QED) is 0.906. The molecule has 5 nitrogen and oxygen atoms in total. The molecule has 0 aliphatic heterocycles. The van der Waals surface area contributed by atoms with Crippen molar-refractivity contribution in [3.8, 4) is 11.3 Å². The van der Waals surface area contributed by atoms with Crippen molar-refractivity contribution in [1.29, 1.82) is 0 Å². The van der Waals surface area contributed by atoms with E-state index in [4.69, 9.17) is 11.5 Å². The topological polar surface area (TPSA) is 90.7 Å². The van der Waals surface area contributed by atoms with Crippen LogP contribution in [0.3, 0.4) is 0 Å². The number of aryl methyl sites for hydroxylation is 1. The summed E-state index contributed by atoms with van der Waals surface area (Å²) in [5.74, 6) is -0.0780. The first-order valence-electron chi connectivity index (χ1n) is 6.76. The molecular weight excluding hydrogens is 307 g/mol. The first-order valence-corrected chi connectivity index (χ1v) is 6.76. The molecule has 8 heteroatoms. The molecule has 0 spiro atoms. The number of benzene rings is 1. The zero-order chi connectivity index (χ0) is 17.2. The van der Waals surface area contributed by atoms with E-state index in [0.717, 1.165) is 5.56 Å². The molecule has 0 saturated carbocycles. The van der Waals surface area contributed by atoms with Gasteiger partial charge in [0.1, 0.15) is 5.69 Å². The maximum atomic E-state index is 12.8. The van der Waals surface area contributed by atoms with Crippen LogP contribution in [-0.4, -0.2) is 21.4 Å². The lowest BCUT2D eigenvalue weighted by molar-refractivity contribution is -0.127. The summed E-state index contributed by atoms with van der Waals surface area (Å²) in [4.78, 5) is 4.02. The maximum Gasteiger partial charge on any atom is 0.393 e. The number of hydrogen-bond acceptors (Lipinski definition) is 5. The molecule has 0 radical (unpaired) electrons. The molecule has 0 aliphatic rings. The maximum absolute atomic E-state index is 12.8. The van der Waals surface area contributed by atoms with Gasteiger partial charge in [-0.2, -0.15) is 13.2 Å². The van der Waals surface area contributed by atoms with Crippen LogP contribution in [0.5, 0.6) is 0 Å². The molecule has 0 fully saturated rings. The van der Waals surface area contributed by atoms with Gasteiger partial charge in [-0.05, 0) is 25.5 Å². The Bertz CT molecular complexity index is 749. The Hall–Kier alpha value is -2.64. The first kappa shape index (κ1) is 16.7. The summed E-state index contributed by atoms with van der Waals surface area (Å²) in [7, 11) is 0. The average Bonchev–Trinajstić information content (AvgIpc) is 2.37. The molecule has 0 saturated heterocycles. The molecule has 2 rings (SSSR count). The first-order chi connectivity index (χ1) is 10.7. The van der Waals surface area contributed by atoms with Crippen LogP contribution in [-0.2, 0) is 6.42 Å². The summed E-state index contributed by atoms with van der Waals surface area (Å²) in [5.41, 5.74) is 13.2. The minimum absolute atomic E-state index is 0.0780. The Labute approximate surface area is 131 Å². The van der Waals surface area contributed by atoms with Gasteiger partial charge in [-0.3, -0.25) is 0 Å². The number of nitrogen functional groups attached to an aromatic ring is 1. The SMILES string of the molecule is C/C(N)=C/c1nc(N)nnc1-c1ccc(C)cc1CC(F)(F)F. The fourth-order valence-electron chi connectivity index (χ4n) is 2.18. The molecule has 0 amide bonds. The summed E-state index contributed by atoms with van der Waals surface area (Å²) in [6.45, 7) is 3.36. The average molecular weight is 323 g/mol. The zero-order valence-electron chi connectivity index (χ0n) is 12.6. The van der Waals surface area contributed by atoms with Gasteiger partial charge in [0.05, 0.1) is 12.1 Å². The van der Waals surface area contributed by atoms with Crippen LogP contribution in [0.25, 0.3) is 17.3 Å². The van der Waals surface area contributed by atoms with Crippen molar-refractivity contribution in [2.45, 2.75) is 26.4 Å². The molecule has 1 aromatic heterocycles. The summed E-state index contributed by atoms with van der Waals surface area (Å²) >= 11 is 0. The van der Waals surface area contributed by atoms with Gasteiger partial charge in [0.15, 0.2) is 0 Å². The normalized spacial score (nSPS) is 12.5. The number of nitrogens with zero attached hydrogens (tertiary/aromatic N) is 3. The predicted octanol–water partition coefficient (Wildman–Crippen LogP) is 2.85. The van der Waals surface area contributed by atoms with Gasteiger partial charge in [0, 0.05) is 11.3 Å². The van der Waals surface area contributed by atoms with E-state index in [1.54, 1.807) is 26.0 Å². The third kappa shape index (κ3) is 4.41. The molecule has 1 heterocycles. The van der Waals surface area contributed by atoms with Crippen molar-refractivity contribution < 1.29 is 13.2 Å². The number of allylic oxidation sites excluding steroid dienone is 1. The third-order valence-electron chi connectivity index (χ3n) is 3.00. The van der Waals surface area contributed by atoms with Crippen molar-refractivity contribution >= 4 is 12.0 Å². The second-order valence-corrected chi connectivity index (χ2v) is 5.24. The highest BCUT2D eigenvalue weighted by atomic mass is 19.4. The minimum Gasteiger partial charge on any atom is -0.402 e. The highest BCUT2D eigenvalue weighted by Crippen LogP contribution is 2.31. The lowest BCUT2D eigenvalue weighted by atomic mass is 9.97. The van der Waals surface area contributed by atoms with Crippen molar-refractivity contribution in [2.24, 2.45) is 5.73 Å². The molecule has 1 aromatic carbocycles. The molecule has 0 bridgehead atoms. The molecule has 23 heavy (non-hydrogen) atoms. The van der Waals surface area contributed by atoms with Gasteiger partial charge in [-0.1, -0.05) is 23.8 Å². The van der Waals surface area contributed by atoms with Crippen LogP contribution >= 0.6 is 0 Å². The van der Waals surface area contributed by atoms with Crippen LogP contribution in [0.4, 0.5) is 19.1 Å². The lowest BCUT2D eigenvalue weighted by Gasteiger charge is -2.13. The Morgan fingerprint density at radius 1 is 1.26 bits per heavy atom. The van der Waals surface area contributed by atoms with Crippen molar-refractivity contribution in [3.63, 3.8) is 0 Å². The van der Waals surface area contributed by atoms with Crippen LogP contribution in [0, 0.1) is 6.92 Å². The van der Waals surface area contributed by atoms with E-state index in [-0.39, 0.29) is 22.9 Å². The highest BCUT2D eigenvalue weighted by Gasteiger charge is 2.29. The summed E-state index contributed by atoms with van der Waals surface area (Å²) in [6.07, 6.45) is -3.91. The van der Waals surface area contributed by atoms with Crippen LogP contribution in [0.15, 0.2) is 23.9 Å². The Morgan fingerprint density at radius 3 is 2.57 bits per heavy atom. The standard InChI is InChI=1S/C15H16F3N5/c1-8-3-4-11(10(5-8)7-15(16,17)18)13-12(6-9(2)19)21-14(20)23-22-13/h3-6H,7,19H2,1-2H3,(H2,20,21,23)/b9-6-. The number of aromatic nitrogens is 3. The van der Waals surface area contributed by atoms with Crippen molar-refractivity contribution in [1.82, 2.24) is 15.2 Å². The summed E-state index contributed by atoms with van der Waals surface area (Å²) < 4.78 is 38.5. The number of rotatable bonds is 3. The molecule has 0 aliphatic carbocycles. The number of alkyl halides is 3. The van der Waals surface area contributed by atoms with Crippen molar-refractivity contribution in [2.75, 3.05) is 5.73 Å². The highest BCUT2D eigenvalue weighted by molar-refractivity contribution is 5.73. The molecule has 0 unspecified atom stereocenters. The van der Waals surface area contributed by atoms with E-state index >= 15 is 0 Å². The van der Waals surface area contributed by atoms with Gasteiger partial charge in [0.2, 0.25) is 5.95 Å². The van der Waals surface area contributed by atoms with E-state index in [1.807, 2.05) is 0 Å². The molecule has 4 N–H and O–H groups in total. The monoisotopic (exact) mass is 323 g/mol. The molecular formula is C15H16F3N5. The second-order valence-electron chi connectivity index (χ2n) is 5.24. The van der Waals surface area contributed by atoms with Crippen molar-refractivity contribution in [3.05, 3.63) is 40.7 Å². The van der Waals surface area contributed by atoms with E-state index in [0.29, 0.717) is 11.3 Å². The molecule has 2 aromatic rings. The van der Waals surface area contributed by atoms with Gasteiger partial charge in [-0.15, -0.1) is 10.2 Å². The number of anilines is 1. The Kier molecular flexibility index (Phi) is 4.53. The number of halogens is 3. The third-order valence-corrected chi connectivity index (χ3v) is 3.00. The zero-order valence-corrected chi connectivity index (χ0v) is 12.6. The second kappa shape index (κ2) is 6.23. The predicted molar refractivity (Wildman–Crippen MR) is 82.0 cm³/mol. The number of nitrogens with two attached hydrogens (primary N) is 2. The lowest BCUT2D eigenvalue weighted by Crippen LogP contribution is -2.13. The minimum atomic E-state index is -4.34.